The lowest BCUT2D eigenvalue weighted by Gasteiger charge is -2.15. The van der Waals surface area contributed by atoms with Crippen molar-refractivity contribution in [1.29, 1.82) is 0 Å². The van der Waals surface area contributed by atoms with Gasteiger partial charge in [0.15, 0.2) is 0 Å². The largest absolute Gasteiger partial charge is 0.0622 e. The molecule has 462 valence electrons. The molecule has 0 bridgehead atoms. The Morgan fingerprint density at radius 1 is 0.175 bits per heavy atom. The maximum Gasteiger partial charge on any atom is 0.0332 e. The normalized spacial score (nSPS) is 11.1. The Morgan fingerprint density at radius 3 is 0.722 bits per heavy atom. The summed E-state index contributed by atoms with van der Waals surface area (Å²) in [4.78, 5) is 0. The molecule has 0 saturated heterocycles. The molecule has 4 heteroatoms. The molecule has 18 aromatic rings. The quantitative estimate of drug-likeness (QED) is 0.115. The van der Waals surface area contributed by atoms with Crippen LogP contribution in [0.3, 0.4) is 0 Å². The van der Waals surface area contributed by atoms with E-state index in [2.05, 4.69) is 449 Å². The van der Waals surface area contributed by atoms with E-state index in [-0.39, 0.29) is 0 Å². The molecule has 0 saturated carbocycles. The molecule has 18 aromatic carbocycles. The molecule has 0 radical (unpaired) electrons. The van der Waals surface area contributed by atoms with Crippen molar-refractivity contribution in [3.8, 4) is 66.8 Å². The molecule has 0 atom stereocenters. The van der Waals surface area contributed by atoms with Gasteiger partial charge in [0.1, 0.15) is 0 Å². The number of fused-ring (bicyclic) bond motifs is 8. The van der Waals surface area contributed by atoms with Crippen LogP contribution in [0.15, 0.2) is 362 Å². The van der Waals surface area contributed by atoms with E-state index < -0.39 is 0 Å². The van der Waals surface area contributed by atoms with Crippen LogP contribution in [-0.2, 0) is 0 Å². The maximum atomic E-state index is 3.80. The molecule has 0 N–H and O–H groups in total. The minimum Gasteiger partial charge on any atom is -0.0622 e. The van der Waals surface area contributed by atoms with Gasteiger partial charge in [-0.05, 0) is 250 Å². The topological polar surface area (TPSA) is 0 Å². The minimum atomic E-state index is 1.18. The van der Waals surface area contributed by atoms with Gasteiger partial charge in [0.2, 0.25) is 0 Å². The monoisotopic (exact) mass is 1640 g/mol. The highest BCUT2D eigenvalue weighted by atomic mass is 127. The highest BCUT2D eigenvalue weighted by Gasteiger charge is 2.18. The van der Waals surface area contributed by atoms with Crippen LogP contribution in [0.4, 0.5) is 0 Å². The second kappa shape index (κ2) is 28.8. The fraction of sp³-hybridized carbons (Fsp3) is 0.0108. The Bertz CT molecular complexity index is 5700. The zero-order valence-electron chi connectivity index (χ0n) is 53.1. The van der Waals surface area contributed by atoms with Crippen LogP contribution in [0.25, 0.3) is 153 Å². The zero-order valence-corrected chi connectivity index (χ0v) is 61.1. The van der Waals surface area contributed by atoms with Gasteiger partial charge >= 0.3 is 0 Å². The van der Waals surface area contributed by atoms with Crippen LogP contribution in [0.2, 0.25) is 0 Å². The van der Waals surface area contributed by atoms with Crippen LogP contribution < -0.4 is 0 Å². The fourth-order valence-electron chi connectivity index (χ4n) is 13.9. The summed E-state index contributed by atoms with van der Waals surface area (Å²) < 4.78 is 5.15. The molecule has 0 spiro atoms. The summed E-state index contributed by atoms with van der Waals surface area (Å²) >= 11 is 11.3. The van der Waals surface area contributed by atoms with Crippen molar-refractivity contribution in [3.05, 3.63) is 379 Å². The number of hydrogen-bond donors (Lipinski definition) is 0. The standard InChI is InChI=1S/2C26H17I.C21H15Br.C20H13I/c27-26-23-15-6-4-13-21(23)25(22-14-5-7-16-24(22)26)20-12-8-11-19(17-20)18-9-2-1-3-10-18;27-26-23-12-6-4-10-21(23)25(22-11-5-7-13-24(22)26)20-16-14-19(15-17-20)18-8-2-1-3-9-18;1-14-7-6-8-15(13-14)20-16-9-2-4-11-18(16)21(22)19-12-5-3-10-17(19)20;21-20-17-12-6-4-10-15(17)19(14-8-2-1-3-9-14)16-11-5-7-13-18(16)20/h2*1-17H;2-13H,1H3;1-13H. The number of hydrogen-bond acceptors (Lipinski definition) is 0. The summed E-state index contributed by atoms with van der Waals surface area (Å²) in [5, 5.41) is 20.9. The van der Waals surface area contributed by atoms with Crippen LogP contribution in [0, 0.1) is 17.6 Å². The molecule has 0 fully saturated rings. The van der Waals surface area contributed by atoms with Gasteiger partial charge < -0.3 is 0 Å². The van der Waals surface area contributed by atoms with Gasteiger partial charge in [-0.1, -0.05) is 357 Å². The number of rotatable bonds is 6. The second-order valence-electron chi connectivity index (χ2n) is 24.2. The second-order valence-corrected chi connectivity index (χ2v) is 28.3. The summed E-state index contributed by atoms with van der Waals surface area (Å²) in [6, 6.07) is 128. The molecule has 97 heavy (non-hydrogen) atoms. The first-order valence-corrected chi connectivity index (χ1v) is 36.6. The molecule has 0 unspecified atom stereocenters. The predicted molar refractivity (Wildman–Crippen MR) is 449 cm³/mol. The van der Waals surface area contributed by atoms with Crippen molar-refractivity contribution in [1.82, 2.24) is 0 Å². The van der Waals surface area contributed by atoms with Crippen LogP contribution in [0.1, 0.15) is 5.56 Å². The lowest BCUT2D eigenvalue weighted by atomic mass is 9.90. The lowest BCUT2D eigenvalue weighted by molar-refractivity contribution is 1.47. The van der Waals surface area contributed by atoms with E-state index in [1.54, 1.807) is 0 Å². The first-order valence-electron chi connectivity index (χ1n) is 32.6. The number of halogens is 4. The molecule has 0 aromatic heterocycles. The van der Waals surface area contributed by atoms with Crippen LogP contribution in [0.5, 0.6) is 0 Å². The van der Waals surface area contributed by atoms with Crippen molar-refractivity contribution < 1.29 is 0 Å². The third kappa shape index (κ3) is 12.8. The Morgan fingerprint density at radius 2 is 0.381 bits per heavy atom. The molecular formula is C93H62BrI3. The Hall–Kier alpha value is -9.29. The molecule has 0 aliphatic rings. The maximum absolute atomic E-state index is 3.80. The van der Waals surface area contributed by atoms with E-state index >= 15 is 0 Å². The zero-order chi connectivity index (χ0) is 65.8. The van der Waals surface area contributed by atoms with Gasteiger partial charge in [0, 0.05) is 15.2 Å². The molecular weight excluding hydrogens is 1580 g/mol. The Labute approximate surface area is 615 Å². The van der Waals surface area contributed by atoms with Crippen molar-refractivity contribution in [2.45, 2.75) is 6.92 Å². The summed E-state index contributed by atoms with van der Waals surface area (Å²) in [5.41, 5.74) is 16.7. The molecule has 0 aliphatic heterocycles. The average molecular weight is 1640 g/mol. The Kier molecular flexibility index (Phi) is 18.9. The van der Waals surface area contributed by atoms with Crippen molar-refractivity contribution in [2.75, 3.05) is 0 Å². The number of benzene rings is 18. The van der Waals surface area contributed by atoms with E-state index in [1.807, 2.05) is 0 Å². The van der Waals surface area contributed by atoms with Crippen molar-refractivity contribution in [2.24, 2.45) is 0 Å². The van der Waals surface area contributed by atoms with Gasteiger partial charge in [0.25, 0.3) is 0 Å². The van der Waals surface area contributed by atoms with E-state index in [9.17, 15) is 0 Å². The molecule has 0 amide bonds. The fourth-order valence-corrected chi connectivity index (χ4v) is 17.4. The summed E-state index contributed by atoms with van der Waals surface area (Å²) in [6.07, 6.45) is 0. The van der Waals surface area contributed by atoms with Gasteiger partial charge in [-0.15, -0.1) is 0 Å². The minimum absolute atomic E-state index is 1.18. The van der Waals surface area contributed by atoms with Gasteiger partial charge in [0.05, 0.1) is 0 Å². The molecule has 0 aliphatic carbocycles. The molecule has 0 nitrogen and oxygen atoms in total. The summed E-state index contributed by atoms with van der Waals surface area (Å²) in [6.45, 7) is 2.15. The SMILES string of the molecule is Cc1cccc(-c2c3ccccc3c(Br)c3ccccc23)c1.Ic1c2ccccc2c(-c2ccc(-c3ccccc3)cc2)c2ccccc12.Ic1c2ccccc2c(-c2cccc(-c3ccccc3)c2)c2ccccc12.Ic1c2ccccc2c(-c2ccccc2)c2ccccc12. The first-order chi connectivity index (χ1) is 47.8. The lowest BCUT2D eigenvalue weighted by Crippen LogP contribution is -1.89. The molecule has 18 rings (SSSR count). The van der Waals surface area contributed by atoms with Gasteiger partial charge in [-0.2, -0.15) is 0 Å². The van der Waals surface area contributed by atoms with Gasteiger partial charge in [-0.25, -0.2) is 0 Å². The average Bonchev–Trinajstić information content (AvgIpc) is 0.775. The summed E-state index contributed by atoms with van der Waals surface area (Å²) in [7, 11) is 0. The van der Waals surface area contributed by atoms with E-state index in [0.717, 1.165) is 0 Å². The van der Waals surface area contributed by atoms with Crippen molar-refractivity contribution in [3.63, 3.8) is 0 Å². The van der Waals surface area contributed by atoms with Gasteiger partial charge in [-0.3, -0.25) is 0 Å². The van der Waals surface area contributed by atoms with Crippen LogP contribution >= 0.6 is 83.7 Å². The first kappa shape index (κ1) is 63.7. The van der Waals surface area contributed by atoms with E-state index in [0.29, 0.717) is 0 Å². The number of aryl methyl sites for hydroxylation is 1. The summed E-state index contributed by atoms with van der Waals surface area (Å²) in [5.74, 6) is 0. The molecule has 0 heterocycles. The third-order valence-corrected chi connectivity index (χ3v) is 22.7. The van der Waals surface area contributed by atoms with E-state index in [1.165, 1.54) is 174 Å². The predicted octanol–water partition coefficient (Wildman–Crippen LogP) is 28.9. The van der Waals surface area contributed by atoms with Crippen LogP contribution in [-0.4, -0.2) is 0 Å². The highest BCUT2D eigenvalue weighted by molar-refractivity contribution is 14.1. The van der Waals surface area contributed by atoms with Crippen molar-refractivity contribution >= 4 is 170 Å². The van der Waals surface area contributed by atoms with E-state index in [4.69, 9.17) is 0 Å². The third-order valence-electron chi connectivity index (χ3n) is 18.4. The highest BCUT2D eigenvalue weighted by Crippen LogP contribution is 2.45. The smallest absolute Gasteiger partial charge is 0.0332 e. The Balaban J connectivity index is 0.000000106.